The molecular formula is C12H16N4O4. The van der Waals surface area contributed by atoms with E-state index in [-0.39, 0.29) is 5.76 Å². The van der Waals surface area contributed by atoms with Crippen molar-refractivity contribution < 1.29 is 14.1 Å². The quantitative estimate of drug-likeness (QED) is 0.612. The van der Waals surface area contributed by atoms with Gasteiger partial charge in [-0.2, -0.15) is 0 Å². The summed E-state index contributed by atoms with van der Waals surface area (Å²) < 4.78 is 4.87. The molecule has 2 bridgehead atoms. The van der Waals surface area contributed by atoms with Crippen LogP contribution in [-0.2, 0) is 0 Å². The molecule has 4 heterocycles. The van der Waals surface area contributed by atoms with E-state index in [0.717, 1.165) is 32.7 Å². The summed E-state index contributed by atoms with van der Waals surface area (Å²) in [5, 5.41) is 13.3. The molecule has 0 aromatic carbocycles. The van der Waals surface area contributed by atoms with Crippen LogP contribution in [0.4, 0.5) is 5.88 Å². The molecule has 108 valence electrons. The molecule has 0 spiro atoms. The molecule has 3 saturated heterocycles. The number of fused-ring (bicyclic) bond motifs is 3. The minimum absolute atomic E-state index is 0.0204. The predicted molar refractivity (Wildman–Crippen MR) is 69.5 cm³/mol. The summed E-state index contributed by atoms with van der Waals surface area (Å²) >= 11 is 0. The van der Waals surface area contributed by atoms with Gasteiger partial charge in [0, 0.05) is 45.3 Å². The van der Waals surface area contributed by atoms with Crippen LogP contribution in [0.15, 0.2) is 16.5 Å². The van der Waals surface area contributed by atoms with E-state index in [4.69, 9.17) is 4.42 Å². The van der Waals surface area contributed by atoms with Crippen LogP contribution in [0.25, 0.3) is 0 Å². The van der Waals surface area contributed by atoms with Crippen molar-refractivity contribution in [3.05, 3.63) is 28.0 Å². The summed E-state index contributed by atoms with van der Waals surface area (Å²) in [5.41, 5.74) is 0. The molecule has 1 aromatic rings. The van der Waals surface area contributed by atoms with Crippen molar-refractivity contribution >= 4 is 11.8 Å². The van der Waals surface area contributed by atoms with Gasteiger partial charge in [-0.3, -0.25) is 24.7 Å². The highest BCUT2D eigenvalue weighted by molar-refractivity contribution is 5.91. The number of rotatable bonds is 4. The average molecular weight is 280 g/mol. The molecule has 0 aliphatic carbocycles. The van der Waals surface area contributed by atoms with Crippen LogP contribution in [0.5, 0.6) is 0 Å². The van der Waals surface area contributed by atoms with Crippen molar-refractivity contribution in [3.8, 4) is 0 Å². The van der Waals surface area contributed by atoms with Crippen molar-refractivity contribution in [2.75, 3.05) is 39.3 Å². The number of carbonyl (C=O) groups is 1. The first-order valence-electron chi connectivity index (χ1n) is 6.62. The largest absolute Gasteiger partial charge is 0.433 e. The zero-order valence-electron chi connectivity index (χ0n) is 10.9. The molecule has 1 unspecified atom stereocenters. The Balaban J connectivity index is 1.55. The van der Waals surface area contributed by atoms with E-state index < -0.39 is 16.7 Å². The lowest BCUT2D eigenvalue weighted by Gasteiger charge is -2.47. The molecule has 0 radical (unpaired) electrons. The summed E-state index contributed by atoms with van der Waals surface area (Å²) in [7, 11) is 0. The zero-order chi connectivity index (χ0) is 14.1. The Kier molecular flexibility index (Phi) is 3.41. The molecule has 0 saturated carbocycles. The van der Waals surface area contributed by atoms with E-state index in [9.17, 15) is 14.9 Å². The van der Waals surface area contributed by atoms with Gasteiger partial charge < -0.3 is 9.73 Å². The fourth-order valence-electron chi connectivity index (χ4n) is 2.76. The van der Waals surface area contributed by atoms with E-state index in [1.807, 2.05) is 0 Å². The molecule has 1 N–H and O–H groups in total. The second-order valence-electron chi connectivity index (χ2n) is 5.10. The zero-order valence-corrected chi connectivity index (χ0v) is 10.9. The molecule has 1 atom stereocenters. The summed E-state index contributed by atoms with van der Waals surface area (Å²) in [6.45, 7) is 5.74. The third kappa shape index (κ3) is 2.52. The Morgan fingerprint density at radius 3 is 2.70 bits per heavy atom. The van der Waals surface area contributed by atoms with Gasteiger partial charge in [0.15, 0.2) is 5.76 Å². The van der Waals surface area contributed by atoms with Gasteiger partial charge in [0.05, 0.1) is 6.07 Å². The van der Waals surface area contributed by atoms with Crippen molar-refractivity contribution in [1.29, 1.82) is 0 Å². The van der Waals surface area contributed by atoms with Gasteiger partial charge in [-0.15, -0.1) is 0 Å². The highest BCUT2D eigenvalue weighted by atomic mass is 16.6. The Morgan fingerprint density at radius 1 is 1.40 bits per heavy atom. The van der Waals surface area contributed by atoms with E-state index in [2.05, 4.69) is 15.1 Å². The summed E-state index contributed by atoms with van der Waals surface area (Å²) in [4.78, 5) is 26.5. The molecule has 1 amide bonds. The Morgan fingerprint density at radius 2 is 2.15 bits per heavy atom. The number of carbonyl (C=O) groups excluding carboxylic acids is 1. The Hall–Kier alpha value is -1.93. The van der Waals surface area contributed by atoms with Crippen LogP contribution >= 0.6 is 0 Å². The van der Waals surface area contributed by atoms with Crippen molar-refractivity contribution in [1.82, 2.24) is 15.1 Å². The number of piperazine rings is 3. The van der Waals surface area contributed by atoms with Crippen LogP contribution in [0.2, 0.25) is 0 Å². The number of furan rings is 1. The molecular weight excluding hydrogens is 264 g/mol. The maximum absolute atomic E-state index is 11.9. The Labute approximate surface area is 115 Å². The fourth-order valence-corrected chi connectivity index (χ4v) is 2.76. The lowest BCUT2D eigenvalue weighted by Crippen LogP contribution is -2.63. The van der Waals surface area contributed by atoms with E-state index in [0.29, 0.717) is 12.6 Å². The summed E-state index contributed by atoms with van der Waals surface area (Å²) in [5.74, 6) is -0.842. The second kappa shape index (κ2) is 5.22. The summed E-state index contributed by atoms with van der Waals surface area (Å²) in [6, 6.07) is 2.82. The second-order valence-corrected chi connectivity index (χ2v) is 5.10. The van der Waals surface area contributed by atoms with Crippen LogP contribution in [0.3, 0.4) is 0 Å². The van der Waals surface area contributed by atoms with Gasteiger partial charge in [0.25, 0.3) is 5.91 Å². The number of amides is 1. The Bertz CT molecular complexity index is 521. The minimum atomic E-state index is -0.657. The first kappa shape index (κ1) is 13.1. The molecule has 8 heteroatoms. The number of hydrogen-bond acceptors (Lipinski definition) is 6. The number of nitrogens with zero attached hydrogens (tertiary/aromatic N) is 3. The highest BCUT2D eigenvalue weighted by Crippen LogP contribution is 2.17. The maximum atomic E-state index is 11.9. The number of nitro groups is 1. The van der Waals surface area contributed by atoms with Gasteiger partial charge in [-0.25, -0.2) is 0 Å². The number of hydrogen-bond donors (Lipinski definition) is 1. The molecule has 3 aliphatic rings. The smallest absolute Gasteiger partial charge is 0.395 e. The SMILES string of the molecule is O=C(NCC1CN2CCN1CC2)c1ccc([N+](=O)[O-])o1. The molecule has 3 aliphatic heterocycles. The van der Waals surface area contributed by atoms with Gasteiger partial charge in [-0.05, 0) is 6.07 Å². The lowest BCUT2D eigenvalue weighted by molar-refractivity contribution is -0.402. The van der Waals surface area contributed by atoms with Crippen LogP contribution in [0, 0.1) is 10.1 Å². The van der Waals surface area contributed by atoms with Gasteiger partial charge >= 0.3 is 5.88 Å². The standard InChI is InChI=1S/C12H16N4O4/c17-12(10-1-2-11(20-10)16(18)19)13-7-9-8-14-3-5-15(9)6-4-14/h1-2,9H,3-8H2,(H,13,17). The lowest BCUT2D eigenvalue weighted by atomic mass is 10.1. The fraction of sp³-hybridized carbons (Fsp3) is 0.583. The summed E-state index contributed by atoms with van der Waals surface area (Å²) in [6.07, 6.45) is 0. The van der Waals surface area contributed by atoms with Crippen molar-refractivity contribution in [2.45, 2.75) is 6.04 Å². The highest BCUT2D eigenvalue weighted by Gasteiger charge is 2.32. The maximum Gasteiger partial charge on any atom is 0.433 e. The first-order valence-corrected chi connectivity index (χ1v) is 6.62. The van der Waals surface area contributed by atoms with E-state index >= 15 is 0 Å². The van der Waals surface area contributed by atoms with E-state index in [1.54, 1.807) is 0 Å². The monoisotopic (exact) mass is 280 g/mol. The number of nitrogens with one attached hydrogen (secondary N) is 1. The van der Waals surface area contributed by atoms with Gasteiger partial charge in [0.2, 0.25) is 0 Å². The molecule has 1 aromatic heterocycles. The van der Waals surface area contributed by atoms with Gasteiger partial charge in [-0.1, -0.05) is 0 Å². The average Bonchev–Trinajstić information content (AvgIpc) is 2.96. The third-order valence-corrected chi connectivity index (χ3v) is 3.89. The van der Waals surface area contributed by atoms with Crippen LogP contribution < -0.4 is 5.32 Å². The van der Waals surface area contributed by atoms with Gasteiger partial charge in [0.1, 0.15) is 4.92 Å². The minimum Gasteiger partial charge on any atom is -0.395 e. The topological polar surface area (TPSA) is 91.9 Å². The molecule has 4 rings (SSSR count). The van der Waals surface area contributed by atoms with Crippen molar-refractivity contribution in [2.24, 2.45) is 0 Å². The molecule has 8 nitrogen and oxygen atoms in total. The normalized spacial score (nSPS) is 28.3. The predicted octanol–water partition coefficient (Wildman–Crippen LogP) is -0.0826. The van der Waals surface area contributed by atoms with Crippen LogP contribution in [-0.4, -0.2) is 65.9 Å². The van der Waals surface area contributed by atoms with Crippen molar-refractivity contribution in [3.63, 3.8) is 0 Å². The molecule has 3 fully saturated rings. The van der Waals surface area contributed by atoms with Crippen LogP contribution in [0.1, 0.15) is 10.6 Å². The third-order valence-electron chi connectivity index (χ3n) is 3.89. The van der Waals surface area contributed by atoms with E-state index in [1.165, 1.54) is 12.1 Å². The first-order chi connectivity index (χ1) is 9.63. The molecule has 20 heavy (non-hydrogen) atoms.